The Morgan fingerprint density at radius 3 is 2.62 bits per heavy atom. The minimum Gasteiger partial charge on any atom is -0.478 e. The summed E-state index contributed by atoms with van der Waals surface area (Å²) in [5, 5.41) is 20.7. The minimum absolute atomic E-state index is 0.101. The number of carbonyl (C=O) groups is 2. The number of benzene rings is 2. The molecule has 130 valence electrons. The molecule has 0 unspecified atom stereocenters. The van der Waals surface area contributed by atoms with Crippen molar-refractivity contribution in [2.45, 2.75) is 0 Å². The third-order valence-electron chi connectivity index (χ3n) is 3.52. The lowest BCUT2D eigenvalue weighted by molar-refractivity contribution is -0.112. The molecule has 1 amide bonds. The number of hydrogen-bond acceptors (Lipinski definition) is 5. The zero-order valence-electron chi connectivity index (χ0n) is 13.2. The van der Waals surface area contributed by atoms with Gasteiger partial charge in [-0.3, -0.25) is 4.79 Å². The highest BCUT2D eigenvalue weighted by molar-refractivity contribution is 9.10. The maximum atomic E-state index is 12.3. The van der Waals surface area contributed by atoms with E-state index in [4.69, 9.17) is 14.6 Å². The Hall–Kier alpha value is -3.31. The van der Waals surface area contributed by atoms with Gasteiger partial charge in [-0.2, -0.15) is 5.26 Å². The van der Waals surface area contributed by atoms with E-state index in [-0.39, 0.29) is 17.9 Å². The van der Waals surface area contributed by atoms with Crippen LogP contribution in [0.5, 0.6) is 11.5 Å². The summed E-state index contributed by atoms with van der Waals surface area (Å²) in [6.07, 6.45) is 1.42. The maximum Gasteiger partial charge on any atom is 0.335 e. The van der Waals surface area contributed by atoms with E-state index in [1.165, 1.54) is 30.3 Å². The average Bonchev–Trinajstić information content (AvgIpc) is 3.09. The summed E-state index contributed by atoms with van der Waals surface area (Å²) in [6, 6.07) is 10.9. The van der Waals surface area contributed by atoms with Gasteiger partial charge in [-0.1, -0.05) is 0 Å². The number of carboxylic acid groups (broad SMARTS) is 1. The standard InChI is InChI=1S/C18H11BrN2O5/c19-14-6-10(7-15-16(14)26-9-25-15)5-12(8-20)17(22)21-13-3-1-11(2-4-13)18(23)24/h1-7H,9H2,(H,21,22)(H,23,24)/b12-5+. The van der Waals surface area contributed by atoms with Crippen LogP contribution in [0.1, 0.15) is 15.9 Å². The monoisotopic (exact) mass is 414 g/mol. The summed E-state index contributed by atoms with van der Waals surface area (Å²) >= 11 is 3.35. The van der Waals surface area contributed by atoms with Gasteiger partial charge in [-0.25, -0.2) is 4.79 Å². The van der Waals surface area contributed by atoms with Crippen molar-refractivity contribution < 1.29 is 24.2 Å². The first-order valence-electron chi connectivity index (χ1n) is 7.33. The van der Waals surface area contributed by atoms with Crippen molar-refractivity contribution in [1.82, 2.24) is 0 Å². The molecule has 0 aliphatic carbocycles. The van der Waals surface area contributed by atoms with Crippen molar-refractivity contribution in [2.24, 2.45) is 0 Å². The van der Waals surface area contributed by atoms with Crippen molar-refractivity contribution in [1.29, 1.82) is 5.26 Å². The number of fused-ring (bicyclic) bond motifs is 1. The highest BCUT2D eigenvalue weighted by Gasteiger charge is 2.18. The number of nitrogens with one attached hydrogen (secondary N) is 1. The molecule has 7 nitrogen and oxygen atoms in total. The van der Waals surface area contributed by atoms with Crippen LogP contribution in [0.15, 0.2) is 46.4 Å². The number of aromatic carboxylic acids is 1. The molecule has 0 atom stereocenters. The van der Waals surface area contributed by atoms with E-state index >= 15 is 0 Å². The number of nitrogens with zero attached hydrogens (tertiary/aromatic N) is 1. The summed E-state index contributed by atoms with van der Waals surface area (Å²) in [6.45, 7) is 0.110. The van der Waals surface area contributed by atoms with E-state index in [9.17, 15) is 14.9 Å². The van der Waals surface area contributed by atoms with Crippen molar-refractivity contribution in [3.8, 4) is 17.6 Å². The molecule has 2 aromatic carbocycles. The first kappa shape index (κ1) is 17.5. The first-order valence-corrected chi connectivity index (χ1v) is 8.13. The third-order valence-corrected chi connectivity index (χ3v) is 4.10. The predicted molar refractivity (Wildman–Crippen MR) is 95.9 cm³/mol. The molecule has 0 spiro atoms. The Labute approximate surface area is 156 Å². The number of carboxylic acids is 1. The molecule has 1 aliphatic heterocycles. The quantitative estimate of drug-likeness (QED) is 0.585. The molecule has 2 aromatic rings. The molecule has 1 heterocycles. The van der Waals surface area contributed by atoms with Crippen molar-refractivity contribution >= 4 is 39.6 Å². The normalized spacial score (nSPS) is 12.4. The second-order valence-electron chi connectivity index (χ2n) is 5.24. The first-order chi connectivity index (χ1) is 12.5. The van der Waals surface area contributed by atoms with Gasteiger partial charge in [0.05, 0.1) is 10.0 Å². The SMILES string of the molecule is N#C/C(=C\c1cc(Br)c2c(c1)OCO2)C(=O)Nc1ccc(C(=O)O)cc1. The van der Waals surface area contributed by atoms with Crippen molar-refractivity contribution in [3.05, 3.63) is 57.6 Å². The molecule has 2 N–H and O–H groups in total. The van der Waals surface area contributed by atoms with Crippen LogP contribution >= 0.6 is 15.9 Å². The molecule has 8 heteroatoms. The van der Waals surface area contributed by atoms with Gasteiger partial charge in [-0.15, -0.1) is 0 Å². The highest BCUT2D eigenvalue weighted by atomic mass is 79.9. The fourth-order valence-electron chi connectivity index (χ4n) is 2.28. The van der Waals surface area contributed by atoms with Crippen molar-refractivity contribution in [2.75, 3.05) is 12.1 Å². The largest absolute Gasteiger partial charge is 0.478 e. The molecule has 26 heavy (non-hydrogen) atoms. The summed E-state index contributed by atoms with van der Waals surface area (Å²) < 4.78 is 11.3. The smallest absolute Gasteiger partial charge is 0.335 e. The van der Waals surface area contributed by atoms with E-state index in [0.29, 0.717) is 27.2 Å². The van der Waals surface area contributed by atoms with Crippen LogP contribution < -0.4 is 14.8 Å². The van der Waals surface area contributed by atoms with E-state index in [1.54, 1.807) is 12.1 Å². The van der Waals surface area contributed by atoms with Crippen LogP contribution in [0, 0.1) is 11.3 Å². The van der Waals surface area contributed by atoms with Crippen LogP contribution in [0.2, 0.25) is 0 Å². The number of anilines is 1. The van der Waals surface area contributed by atoms with Gasteiger partial charge < -0.3 is 19.9 Å². The maximum absolute atomic E-state index is 12.3. The van der Waals surface area contributed by atoms with Gasteiger partial charge >= 0.3 is 5.97 Å². The Bertz CT molecular complexity index is 961. The number of amides is 1. The van der Waals surface area contributed by atoms with Crippen LogP contribution in [0.25, 0.3) is 6.08 Å². The number of carbonyl (C=O) groups excluding carboxylic acids is 1. The number of nitriles is 1. The molecule has 0 saturated carbocycles. The number of hydrogen-bond donors (Lipinski definition) is 2. The van der Waals surface area contributed by atoms with Crippen LogP contribution in [0.4, 0.5) is 5.69 Å². The van der Waals surface area contributed by atoms with Gasteiger partial charge in [0.25, 0.3) is 5.91 Å². The third kappa shape index (κ3) is 3.68. The van der Waals surface area contributed by atoms with Gasteiger partial charge in [0, 0.05) is 5.69 Å². The fraction of sp³-hybridized carbons (Fsp3) is 0.0556. The Morgan fingerprint density at radius 2 is 1.96 bits per heavy atom. The van der Waals surface area contributed by atoms with Crippen LogP contribution in [-0.2, 0) is 4.79 Å². The molecule has 0 bridgehead atoms. The molecular formula is C18H11BrN2O5. The summed E-state index contributed by atoms with van der Waals surface area (Å²) in [7, 11) is 0. The summed E-state index contributed by atoms with van der Waals surface area (Å²) in [4.78, 5) is 23.1. The molecular weight excluding hydrogens is 404 g/mol. The predicted octanol–water partition coefficient (Wildman–Crippen LogP) is 3.42. The topological polar surface area (TPSA) is 109 Å². The zero-order valence-corrected chi connectivity index (χ0v) is 14.7. The summed E-state index contributed by atoms with van der Waals surface area (Å²) in [5.74, 6) is -0.575. The number of rotatable bonds is 4. The lowest BCUT2D eigenvalue weighted by Crippen LogP contribution is -2.13. The Balaban J connectivity index is 1.81. The van der Waals surface area contributed by atoms with Crippen molar-refractivity contribution in [3.63, 3.8) is 0 Å². The lowest BCUT2D eigenvalue weighted by atomic mass is 10.1. The highest BCUT2D eigenvalue weighted by Crippen LogP contribution is 2.40. The van der Waals surface area contributed by atoms with Crippen LogP contribution in [-0.4, -0.2) is 23.8 Å². The Kier molecular flexibility index (Phi) is 4.91. The molecule has 3 rings (SSSR count). The molecule has 0 aromatic heterocycles. The fourth-order valence-corrected chi connectivity index (χ4v) is 2.85. The van der Waals surface area contributed by atoms with E-state index in [0.717, 1.165) is 0 Å². The van der Waals surface area contributed by atoms with Gasteiger partial charge in [0.1, 0.15) is 11.6 Å². The molecule has 0 radical (unpaired) electrons. The van der Waals surface area contributed by atoms with Gasteiger partial charge in [-0.05, 0) is 64.0 Å². The number of halogens is 1. The lowest BCUT2D eigenvalue weighted by Gasteiger charge is -2.06. The second kappa shape index (κ2) is 7.29. The molecule has 1 aliphatic rings. The zero-order chi connectivity index (χ0) is 18.7. The number of ether oxygens (including phenoxy) is 2. The Morgan fingerprint density at radius 1 is 1.23 bits per heavy atom. The van der Waals surface area contributed by atoms with E-state index < -0.39 is 11.9 Å². The van der Waals surface area contributed by atoms with Gasteiger partial charge in [0.2, 0.25) is 6.79 Å². The average molecular weight is 415 g/mol. The summed E-state index contributed by atoms with van der Waals surface area (Å²) in [5.41, 5.74) is 0.962. The van der Waals surface area contributed by atoms with Crippen LogP contribution in [0.3, 0.4) is 0 Å². The van der Waals surface area contributed by atoms with E-state index in [2.05, 4.69) is 21.2 Å². The minimum atomic E-state index is -1.06. The van der Waals surface area contributed by atoms with E-state index in [1.807, 2.05) is 6.07 Å². The van der Waals surface area contributed by atoms with Gasteiger partial charge in [0.15, 0.2) is 11.5 Å². The molecule has 0 saturated heterocycles. The second-order valence-corrected chi connectivity index (χ2v) is 6.10. The molecule has 0 fully saturated rings.